The van der Waals surface area contributed by atoms with Gasteiger partial charge in [-0.05, 0) is 25.3 Å². The zero-order valence-electron chi connectivity index (χ0n) is 14.9. The number of halogens is 1. The molecular weight excluding hydrogens is 339 g/mol. The van der Waals surface area contributed by atoms with Gasteiger partial charge in [0.2, 0.25) is 11.8 Å². The Bertz CT molecular complexity index is 634. The van der Waals surface area contributed by atoms with E-state index in [1.165, 1.54) is 11.0 Å². The number of carbonyl (C=O) groups excluding carboxylic acids is 2. The second-order valence-corrected chi connectivity index (χ2v) is 6.73. The van der Waals surface area contributed by atoms with Gasteiger partial charge in [-0.1, -0.05) is 18.2 Å². The maximum Gasteiger partial charge on any atom is 0.249 e. The van der Waals surface area contributed by atoms with Crippen molar-refractivity contribution in [2.75, 3.05) is 39.5 Å². The number of ether oxygens (including phenoxy) is 2. The van der Waals surface area contributed by atoms with Crippen LogP contribution in [-0.4, -0.2) is 67.2 Å². The summed E-state index contributed by atoms with van der Waals surface area (Å²) >= 11 is 0. The molecule has 1 aromatic rings. The molecule has 2 aliphatic heterocycles. The molecule has 7 heteroatoms. The summed E-state index contributed by atoms with van der Waals surface area (Å²) < 4.78 is 24.8. The van der Waals surface area contributed by atoms with E-state index >= 15 is 0 Å². The molecule has 1 aromatic carbocycles. The SMILES string of the molecule is O=C(COCC1CCCCO1)N1CCN(Cc2ccccc2F)C(=O)C1. The first-order valence-corrected chi connectivity index (χ1v) is 9.12. The second-order valence-electron chi connectivity index (χ2n) is 6.73. The number of hydrogen-bond acceptors (Lipinski definition) is 4. The van der Waals surface area contributed by atoms with Crippen LogP contribution in [0.15, 0.2) is 24.3 Å². The van der Waals surface area contributed by atoms with Gasteiger partial charge in [0.05, 0.1) is 19.3 Å². The molecule has 142 valence electrons. The Morgan fingerprint density at radius 2 is 2.12 bits per heavy atom. The lowest BCUT2D eigenvalue weighted by atomic mass is 10.1. The highest BCUT2D eigenvalue weighted by Gasteiger charge is 2.27. The van der Waals surface area contributed by atoms with Gasteiger partial charge in [0.1, 0.15) is 12.4 Å². The molecule has 2 fully saturated rings. The fourth-order valence-corrected chi connectivity index (χ4v) is 3.23. The molecule has 0 bridgehead atoms. The highest BCUT2D eigenvalue weighted by atomic mass is 19.1. The van der Waals surface area contributed by atoms with E-state index in [4.69, 9.17) is 9.47 Å². The third-order valence-electron chi connectivity index (χ3n) is 4.79. The Labute approximate surface area is 152 Å². The highest BCUT2D eigenvalue weighted by molar-refractivity contribution is 5.86. The summed E-state index contributed by atoms with van der Waals surface area (Å²) in [6.07, 6.45) is 3.23. The monoisotopic (exact) mass is 364 g/mol. The maximum absolute atomic E-state index is 13.7. The molecule has 1 atom stereocenters. The Morgan fingerprint density at radius 1 is 1.27 bits per heavy atom. The van der Waals surface area contributed by atoms with Gasteiger partial charge in [-0.15, -0.1) is 0 Å². The molecule has 26 heavy (non-hydrogen) atoms. The van der Waals surface area contributed by atoms with E-state index in [-0.39, 0.29) is 43.4 Å². The first-order chi connectivity index (χ1) is 12.6. The predicted octanol–water partition coefficient (Wildman–Crippen LogP) is 1.58. The Balaban J connectivity index is 1.42. The van der Waals surface area contributed by atoms with Gasteiger partial charge >= 0.3 is 0 Å². The van der Waals surface area contributed by atoms with Crippen molar-refractivity contribution in [1.82, 2.24) is 9.80 Å². The molecule has 1 unspecified atom stereocenters. The van der Waals surface area contributed by atoms with E-state index in [0.717, 1.165) is 25.9 Å². The number of rotatable bonds is 6. The maximum atomic E-state index is 13.7. The van der Waals surface area contributed by atoms with Gasteiger partial charge in [-0.3, -0.25) is 9.59 Å². The van der Waals surface area contributed by atoms with Crippen molar-refractivity contribution in [1.29, 1.82) is 0 Å². The number of nitrogens with zero attached hydrogens (tertiary/aromatic N) is 2. The molecule has 0 aromatic heterocycles. The van der Waals surface area contributed by atoms with Crippen molar-refractivity contribution in [3.8, 4) is 0 Å². The van der Waals surface area contributed by atoms with Crippen molar-refractivity contribution in [3.05, 3.63) is 35.6 Å². The van der Waals surface area contributed by atoms with Crippen LogP contribution in [0.5, 0.6) is 0 Å². The highest BCUT2D eigenvalue weighted by Crippen LogP contribution is 2.14. The Kier molecular flexibility index (Phi) is 6.57. The van der Waals surface area contributed by atoms with Crippen molar-refractivity contribution in [3.63, 3.8) is 0 Å². The van der Waals surface area contributed by atoms with Gasteiger partial charge in [-0.25, -0.2) is 4.39 Å². The Hall–Kier alpha value is -1.99. The number of piperazine rings is 1. The quantitative estimate of drug-likeness (QED) is 0.769. The van der Waals surface area contributed by atoms with Crippen molar-refractivity contribution in [2.24, 2.45) is 0 Å². The lowest BCUT2D eigenvalue weighted by Gasteiger charge is -2.34. The summed E-state index contributed by atoms with van der Waals surface area (Å²) in [7, 11) is 0. The molecule has 6 nitrogen and oxygen atoms in total. The number of benzene rings is 1. The zero-order valence-corrected chi connectivity index (χ0v) is 14.9. The number of amides is 2. The average Bonchev–Trinajstić information content (AvgIpc) is 2.66. The van der Waals surface area contributed by atoms with Crippen molar-refractivity contribution in [2.45, 2.75) is 31.9 Å². The number of carbonyl (C=O) groups is 2. The molecule has 2 saturated heterocycles. The minimum atomic E-state index is -0.322. The summed E-state index contributed by atoms with van der Waals surface area (Å²) in [5, 5.41) is 0. The molecular formula is C19H25FN2O4. The van der Waals surface area contributed by atoms with E-state index in [9.17, 15) is 14.0 Å². The van der Waals surface area contributed by atoms with Crippen LogP contribution < -0.4 is 0 Å². The van der Waals surface area contributed by atoms with E-state index in [0.29, 0.717) is 25.3 Å². The first-order valence-electron chi connectivity index (χ1n) is 9.12. The van der Waals surface area contributed by atoms with Crippen LogP contribution in [0.1, 0.15) is 24.8 Å². The largest absolute Gasteiger partial charge is 0.376 e. The molecule has 0 aliphatic carbocycles. The van der Waals surface area contributed by atoms with Crippen molar-refractivity contribution < 1.29 is 23.5 Å². The van der Waals surface area contributed by atoms with Gasteiger partial charge in [0.25, 0.3) is 0 Å². The standard InChI is InChI=1S/C19H25FN2O4/c20-17-7-2-1-5-15(17)11-21-8-9-22(12-18(21)23)19(24)14-25-13-16-6-3-4-10-26-16/h1-2,5,7,16H,3-4,6,8-14H2. The van der Waals surface area contributed by atoms with E-state index in [2.05, 4.69) is 0 Å². The minimum Gasteiger partial charge on any atom is -0.376 e. The normalized spacial score (nSPS) is 21.1. The third kappa shape index (κ3) is 5.02. The fourth-order valence-electron chi connectivity index (χ4n) is 3.23. The molecule has 0 saturated carbocycles. The van der Waals surface area contributed by atoms with Crippen LogP contribution in [-0.2, 0) is 25.6 Å². The summed E-state index contributed by atoms with van der Waals surface area (Å²) in [5.41, 5.74) is 0.483. The molecule has 0 radical (unpaired) electrons. The van der Waals surface area contributed by atoms with Gasteiger partial charge in [-0.2, -0.15) is 0 Å². The summed E-state index contributed by atoms with van der Waals surface area (Å²) in [6, 6.07) is 6.42. The van der Waals surface area contributed by atoms with E-state index in [1.807, 2.05) is 0 Å². The lowest BCUT2D eigenvalue weighted by molar-refractivity contribution is -0.149. The van der Waals surface area contributed by atoms with E-state index in [1.54, 1.807) is 23.1 Å². The lowest BCUT2D eigenvalue weighted by Crippen LogP contribution is -2.52. The minimum absolute atomic E-state index is 0.0105. The molecule has 2 aliphatic rings. The summed E-state index contributed by atoms with van der Waals surface area (Å²) in [5.74, 6) is -0.694. The predicted molar refractivity (Wildman–Crippen MR) is 92.8 cm³/mol. The second kappa shape index (κ2) is 9.09. The molecule has 2 heterocycles. The van der Waals surface area contributed by atoms with E-state index < -0.39 is 0 Å². The van der Waals surface area contributed by atoms with Crippen LogP contribution >= 0.6 is 0 Å². The van der Waals surface area contributed by atoms with Crippen LogP contribution in [0.2, 0.25) is 0 Å². The van der Waals surface area contributed by atoms with Crippen molar-refractivity contribution >= 4 is 11.8 Å². The molecule has 0 spiro atoms. The smallest absolute Gasteiger partial charge is 0.249 e. The zero-order chi connectivity index (χ0) is 18.4. The van der Waals surface area contributed by atoms with Gasteiger partial charge < -0.3 is 19.3 Å². The van der Waals surface area contributed by atoms with Crippen LogP contribution in [0, 0.1) is 5.82 Å². The van der Waals surface area contributed by atoms with Crippen LogP contribution in [0.3, 0.4) is 0 Å². The fraction of sp³-hybridized carbons (Fsp3) is 0.579. The summed E-state index contributed by atoms with van der Waals surface area (Å²) in [4.78, 5) is 27.6. The molecule has 3 rings (SSSR count). The first kappa shape index (κ1) is 18.8. The van der Waals surface area contributed by atoms with Crippen LogP contribution in [0.4, 0.5) is 4.39 Å². The number of hydrogen-bond donors (Lipinski definition) is 0. The topological polar surface area (TPSA) is 59.1 Å². The summed E-state index contributed by atoms with van der Waals surface area (Å²) in [6.45, 7) is 2.18. The van der Waals surface area contributed by atoms with Crippen LogP contribution in [0.25, 0.3) is 0 Å². The van der Waals surface area contributed by atoms with Gasteiger partial charge in [0.15, 0.2) is 0 Å². The van der Waals surface area contributed by atoms with Gasteiger partial charge in [0, 0.05) is 31.8 Å². The third-order valence-corrected chi connectivity index (χ3v) is 4.79. The molecule has 2 amide bonds. The molecule has 0 N–H and O–H groups in total. The average molecular weight is 364 g/mol. The Morgan fingerprint density at radius 3 is 2.85 bits per heavy atom.